The summed E-state index contributed by atoms with van der Waals surface area (Å²) in [6.07, 6.45) is 0. The molecule has 0 atom stereocenters. The third kappa shape index (κ3) is 4.28. The molecule has 0 aliphatic carbocycles. The van der Waals surface area contributed by atoms with E-state index in [4.69, 9.17) is 10.3 Å². The summed E-state index contributed by atoms with van der Waals surface area (Å²) >= 11 is 0.635. The Morgan fingerprint density at radius 2 is 1.44 bits per heavy atom. The molecule has 0 rings (SSSR count). The Hall–Kier alpha value is -0.240. The van der Waals surface area contributed by atoms with E-state index in [0.29, 0.717) is 23.9 Å². The summed E-state index contributed by atoms with van der Waals surface area (Å²) in [5, 5.41) is 7.70. The van der Waals surface area contributed by atoms with E-state index < -0.39 is 10.6 Å². The number of hydrogen-bond acceptors (Lipinski definition) is 7. The maximum absolute atomic E-state index is 10.1. The zero-order valence-electron chi connectivity index (χ0n) is 4.20. The van der Waals surface area contributed by atoms with Crippen LogP contribution in [0.5, 0.6) is 0 Å². The van der Waals surface area contributed by atoms with Crippen LogP contribution in [0.2, 0.25) is 0 Å². The molecule has 0 aliphatic rings. The highest BCUT2D eigenvalue weighted by Crippen LogP contribution is 2.00. The summed E-state index contributed by atoms with van der Waals surface area (Å²) in [5.41, 5.74) is 0. The van der Waals surface area contributed by atoms with Crippen molar-refractivity contribution in [2.24, 2.45) is 10.3 Å². The zero-order valence-corrected chi connectivity index (χ0v) is 5.83. The molecule has 0 saturated heterocycles. The Balaban J connectivity index is 3.47. The molecule has 0 radical (unpaired) electrons. The van der Waals surface area contributed by atoms with Crippen molar-refractivity contribution in [3.05, 3.63) is 0 Å². The molecule has 0 amide bonds. The topological polar surface area (TPSA) is 95.4 Å². The zero-order chi connectivity index (χ0) is 7.28. The summed E-state index contributed by atoms with van der Waals surface area (Å²) in [5.74, 6) is 0. The van der Waals surface area contributed by atoms with Gasteiger partial charge in [0, 0.05) is 23.9 Å². The number of rotatable bonds is 0. The van der Waals surface area contributed by atoms with Crippen LogP contribution < -0.4 is 10.3 Å². The van der Waals surface area contributed by atoms with Crippen LogP contribution in [0.15, 0.2) is 0 Å². The van der Waals surface area contributed by atoms with Crippen LogP contribution in [0.3, 0.4) is 0 Å². The molecule has 52 valence electrons. The van der Waals surface area contributed by atoms with E-state index in [-0.39, 0.29) is 0 Å². The average Bonchev–Trinajstić information content (AvgIpc) is 1.87. The van der Waals surface area contributed by atoms with Gasteiger partial charge in [-0.3, -0.25) is 10.3 Å². The maximum Gasteiger partial charge on any atom is 0.390 e. The van der Waals surface area contributed by atoms with Crippen molar-refractivity contribution < 1.29 is 14.3 Å². The lowest BCUT2D eigenvalue weighted by molar-refractivity contribution is 0.187. The summed E-state index contributed by atoms with van der Waals surface area (Å²) in [6.45, 7) is 0. The Kier molecular flexibility index (Phi) is 4.50. The first kappa shape index (κ1) is 8.76. The van der Waals surface area contributed by atoms with Gasteiger partial charge in [0.1, 0.15) is 0 Å². The van der Waals surface area contributed by atoms with Gasteiger partial charge in [-0.2, -0.15) is 0 Å². The number of carbonyl (C=O) groups is 2. The molecule has 0 spiro atoms. The molecule has 0 heterocycles. The SMILES string of the molecule is NSC(=O)OC(=O)SN. The lowest BCUT2D eigenvalue weighted by atomic mass is 11.4. The minimum absolute atomic E-state index is 0.318. The van der Waals surface area contributed by atoms with Gasteiger partial charge in [0.25, 0.3) is 0 Å². The summed E-state index contributed by atoms with van der Waals surface area (Å²) < 4.78 is 3.95. The number of nitrogens with two attached hydrogens (primary N) is 2. The molecule has 0 aromatic rings. The smallest absolute Gasteiger partial charge is 0.374 e. The van der Waals surface area contributed by atoms with Gasteiger partial charge in [-0.15, -0.1) is 0 Å². The van der Waals surface area contributed by atoms with Crippen molar-refractivity contribution >= 4 is 34.5 Å². The molecule has 0 unspecified atom stereocenters. The standard InChI is InChI=1S/C2H4N2O3S2/c3-8-1(5)7-2(6)9-4/h3-4H2. The van der Waals surface area contributed by atoms with Crippen LogP contribution >= 0.6 is 23.9 Å². The monoisotopic (exact) mass is 168 g/mol. The molecule has 0 aromatic carbocycles. The van der Waals surface area contributed by atoms with E-state index in [1.165, 1.54) is 0 Å². The fraction of sp³-hybridized carbons (Fsp3) is 0. The van der Waals surface area contributed by atoms with Crippen molar-refractivity contribution in [1.29, 1.82) is 0 Å². The molecule has 0 aliphatic heterocycles. The van der Waals surface area contributed by atoms with Crippen LogP contribution in [0.25, 0.3) is 0 Å². The fourth-order valence-electron chi connectivity index (χ4n) is 0.116. The van der Waals surface area contributed by atoms with Crippen LogP contribution in [-0.2, 0) is 4.74 Å². The first-order chi connectivity index (χ1) is 4.20. The normalized spacial score (nSPS) is 8.67. The third-order valence-corrected chi connectivity index (χ3v) is 0.911. The maximum atomic E-state index is 10.1. The number of hydrogen-bond donors (Lipinski definition) is 2. The van der Waals surface area contributed by atoms with Gasteiger partial charge in [0.15, 0.2) is 0 Å². The molecule has 5 nitrogen and oxygen atoms in total. The van der Waals surface area contributed by atoms with E-state index in [9.17, 15) is 9.59 Å². The summed E-state index contributed by atoms with van der Waals surface area (Å²) in [7, 11) is 0. The van der Waals surface area contributed by atoms with Crippen LogP contribution in [-0.4, -0.2) is 10.6 Å². The Morgan fingerprint density at radius 1 is 1.11 bits per heavy atom. The van der Waals surface area contributed by atoms with E-state index >= 15 is 0 Å². The molecule has 0 bridgehead atoms. The molecule has 0 aromatic heterocycles. The number of ether oxygens (including phenoxy) is 1. The lowest BCUT2D eigenvalue weighted by Gasteiger charge is -1.93. The van der Waals surface area contributed by atoms with Gasteiger partial charge in [0.05, 0.1) is 0 Å². The molecule has 9 heavy (non-hydrogen) atoms. The van der Waals surface area contributed by atoms with Gasteiger partial charge in [-0.1, -0.05) is 0 Å². The second-order valence-corrected chi connectivity index (χ2v) is 1.98. The minimum Gasteiger partial charge on any atom is -0.374 e. The predicted octanol–water partition coefficient (Wildman–Crippen LogP) is 0.457. The largest absolute Gasteiger partial charge is 0.390 e. The summed E-state index contributed by atoms with van der Waals surface area (Å²) in [4.78, 5) is 20.2. The van der Waals surface area contributed by atoms with E-state index in [0.717, 1.165) is 0 Å². The second kappa shape index (κ2) is 4.62. The van der Waals surface area contributed by atoms with Gasteiger partial charge in [0.2, 0.25) is 0 Å². The van der Waals surface area contributed by atoms with Crippen molar-refractivity contribution in [1.82, 2.24) is 0 Å². The van der Waals surface area contributed by atoms with Gasteiger partial charge < -0.3 is 4.74 Å². The van der Waals surface area contributed by atoms with E-state index in [2.05, 4.69) is 4.74 Å². The third-order valence-electron chi connectivity index (χ3n) is 0.359. The molecule has 4 N–H and O–H groups in total. The Bertz CT molecular complexity index is 113. The fourth-order valence-corrected chi connectivity index (χ4v) is 0.417. The Morgan fingerprint density at radius 3 is 1.67 bits per heavy atom. The molecule has 0 saturated carbocycles. The van der Waals surface area contributed by atoms with Gasteiger partial charge >= 0.3 is 10.6 Å². The first-order valence-corrected chi connectivity index (χ1v) is 3.46. The predicted molar refractivity (Wildman–Crippen MR) is 35.4 cm³/mol. The number of carbonyl (C=O) groups excluding carboxylic acids is 2. The van der Waals surface area contributed by atoms with Gasteiger partial charge in [-0.25, -0.2) is 9.59 Å². The minimum atomic E-state index is -0.863. The highest BCUT2D eigenvalue weighted by molar-refractivity contribution is 8.13. The highest BCUT2D eigenvalue weighted by Gasteiger charge is 2.06. The van der Waals surface area contributed by atoms with E-state index in [1.54, 1.807) is 0 Å². The Labute approximate surface area is 59.7 Å². The molecular formula is C2H4N2O3S2. The second-order valence-electron chi connectivity index (χ2n) is 0.838. The molecule has 0 fully saturated rings. The van der Waals surface area contributed by atoms with Gasteiger partial charge in [-0.05, 0) is 0 Å². The van der Waals surface area contributed by atoms with Crippen molar-refractivity contribution in [3.8, 4) is 0 Å². The highest BCUT2D eigenvalue weighted by atomic mass is 32.2. The van der Waals surface area contributed by atoms with Crippen molar-refractivity contribution in [2.45, 2.75) is 0 Å². The first-order valence-electron chi connectivity index (χ1n) is 1.70. The average molecular weight is 168 g/mol. The molecular weight excluding hydrogens is 164 g/mol. The van der Waals surface area contributed by atoms with Crippen LogP contribution in [0.1, 0.15) is 0 Å². The van der Waals surface area contributed by atoms with E-state index in [1.807, 2.05) is 0 Å². The van der Waals surface area contributed by atoms with Crippen LogP contribution in [0, 0.1) is 0 Å². The van der Waals surface area contributed by atoms with Crippen molar-refractivity contribution in [3.63, 3.8) is 0 Å². The van der Waals surface area contributed by atoms with Crippen LogP contribution in [0.4, 0.5) is 9.59 Å². The van der Waals surface area contributed by atoms with Crippen molar-refractivity contribution in [2.75, 3.05) is 0 Å². The molecule has 7 heteroatoms. The lowest BCUT2D eigenvalue weighted by Crippen LogP contribution is -2.06. The summed E-state index contributed by atoms with van der Waals surface area (Å²) in [6, 6.07) is 0. The quantitative estimate of drug-likeness (QED) is 0.308.